The summed E-state index contributed by atoms with van der Waals surface area (Å²) in [7, 11) is -3.74. The lowest BCUT2D eigenvalue weighted by atomic mass is 9.97. The molecule has 1 aromatic carbocycles. The largest absolute Gasteiger partial charge is 0.468 e. The lowest BCUT2D eigenvalue weighted by molar-refractivity contribution is -0.187. The average Bonchev–Trinajstić information content (AvgIpc) is 3.24. The zero-order valence-corrected chi connectivity index (χ0v) is 16.7. The molecular weight excluding hydrogens is 421 g/mol. The van der Waals surface area contributed by atoms with E-state index in [1.54, 1.807) is 12.1 Å². The Bertz CT molecular complexity index is 984. The van der Waals surface area contributed by atoms with E-state index < -0.39 is 28.0 Å². The molecule has 3 rings (SSSR count). The van der Waals surface area contributed by atoms with Crippen LogP contribution in [-0.2, 0) is 21.4 Å². The van der Waals surface area contributed by atoms with E-state index in [-0.39, 0.29) is 31.0 Å². The SMILES string of the molecule is O=C(/C=C/c1ccc(S(=O)(=O)NCc2ccco2)cc1)N1CCCC(C(F)(F)F)C1. The van der Waals surface area contributed by atoms with Crippen molar-refractivity contribution in [2.24, 2.45) is 5.92 Å². The third kappa shape index (κ3) is 5.73. The minimum atomic E-state index is -4.31. The third-order valence-electron chi connectivity index (χ3n) is 4.82. The van der Waals surface area contributed by atoms with Crippen molar-refractivity contribution in [3.8, 4) is 0 Å². The first-order valence-electron chi connectivity index (χ1n) is 9.31. The second-order valence-electron chi connectivity index (χ2n) is 6.97. The summed E-state index contributed by atoms with van der Waals surface area (Å²) in [6, 6.07) is 9.09. The highest BCUT2D eigenvalue weighted by Gasteiger charge is 2.42. The first-order valence-corrected chi connectivity index (χ1v) is 10.8. The second-order valence-corrected chi connectivity index (χ2v) is 8.74. The fraction of sp³-hybridized carbons (Fsp3) is 0.350. The standard InChI is InChI=1S/C20H21F3N2O4S/c21-20(22,23)16-3-1-11-25(14-16)19(26)10-7-15-5-8-18(9-6-15)30(27,28)24-13-17-4-2-12-29-17/h2,4-10,12,16,24H,1,3,11,13-14H2/b10-7+. The van der Waals surface area contributed by atoms with Crippen LogP contribution in [0.4, 0.5) is 13.2 Å². The number of amides is 1. The highest BCUT2D eigenvalue weighted by atomic mass is 32.2. The Morgan fingerprint density at radius 1 is 1.23 bits per heavy atom. The molecule has 10 heteroatoms. The molecule has 0 spiro atoms. The molecule has 1 atom stereocenters. The number of hydrogen-bond donors (Lipinski definition) is 1. The van der Waals surface area contributed by atoms with Crippen LogP contribution >= 0.6 is 0 Å². The quantitative estimate of drug-likeness (QED) is 0.694. The van der Waals surface area contributed by atoms with Crippen molar-refractivity contribution in [3.05, 3.63) is 60.1 Å². The van der Waals surface area contributed by atoms with E-state index in [9.17, 15) is 26.4 Å². The summed E-state index contributed by atoms with van der Waals surface area (Å²) in [5.41, 5.74) is 0.553. The van der Waals surface area contributed by atoms with Gasteiger partial charge in [0.05, 0.1) is 23.6 Å². The Hall–Kier alpha value is -2.59. The number of sulfonamides is 1. The molecule has 162 valence electrons. The van der Waals surface area contributed by atoms with Gasteiger partial charge in [-0.1, -0.05) is 12.1 Å². The monoisotopic (exact) mass is 442 g/mol. The predicted octanol–water partition coefficient (Wildman–Crippen LogP) is 3.57. The first kappa shape index (κ1) is 22.1. The summed E-state index contributed by atoms with van der Waals surface area (Å²) >= 11 is 0. The van der Waals surface area contributed by atoms with E-state index in [1.807, 2.05) is 0 Å². The Morgan fingerprint density at radius 3 is 2.60 bits per heavy atom. The van der Waals surface area contributed by atoms with Gasteiger partial charge >= 0.3 is 6.18 Å². The first-order chi connectivity index (χ1) is 14.1. The molecule has 1 amide bonds. The number of piperidine rings is 1. The lowest BCUT2D eigenvalue weighted by Crippen LogP contribution is -2.44. The Labute approximate surface area is 172 Å². The minimum Gasteiger partial charge on any atom is -0.468 e. The summed E-state index contributed by atoms with van der Waals surface area (Å²) in [6.07, 6.45) is 0.125. The van der Waals surface area contributed by atoms with Crippen molar-refractivity contribution in [2.75, 3.05) is 13.1 Å². The van der Waals surface area contributed by atoms with Crippen LogP contribution in [-0.4, -0.2) is 38.5 Å². The molecule has 1 fully saturated rings. The van der Waals surface area contributed by atoms with E-state index in [0.717, 1.165) is 0 Å². The van der Waals surface area contributed by atoms with E-state index in [2.05, 4.69) is 4.72 Å². The molecule has 2 heterocycles. The molecule has 1 N–H and O–H groups in total. The maximum atomic E-state index is 12.9. The number of benzene rings is 1. The van der Waals surface area contributed by atoms with Gasteiger partial charge in [-0.2, -0.15) is 13.2 Å². The summed E-state index contributed by atoms with van der Waals surface area (Å²) in [6.45, 7) is -0.0420. The number of furan rings is 1. The van der Waals surface area contributed by atoms with Crippen molar-refractivity contribution in [1.82, 2.24) is 9.62 Å². The van der Waals surface area contributed by atoms with Crippen LogP contribution < -0.4 is 4.72 Å². The van der Waals surface area contributed by atoms with Gasteiger partial charge in [0.25, 0.3) is 0 Å². The van der Waals surface area contributed by atoms with Crippen LogP contribution in [0, 0.1) is 5.92 Å². The van der Waals surface area contributed by atoms with Gasteiger partial charge in [0, 0.05) is 19.2 Å². The number of carbonyl (C=O) groups excluding carboxylic acids is 1. The van der Waals surface area contributed by atoms with Crippen molar-refractivity contribution in [1.29, 1.82) is 0 Å². The number of hydrogen-bond acceptors (Lipinski definition) is 4. The molecule has 0 saturated carbocycles. The Balaban J connectivity index is 1.59. The second kappa shape index (κ2) is 9.05. The highest BCUT2D eigenvalue weighted by molar-refractivity contribution is 7.89. The fourth-order valence-corrected chi connectivity index (χ4v) is 4.13. The number of carbonyl (C=O) groups is 1. The van der Waals surface area contributed by atoms with Crippen LogP contribution in [0.25, 0.3) is 6.08 Å². The molecule has 1 aliphatic heterocycles. The number of nitrogens with one attached hydrogen (secondary N) is 1. The van der Waals surface area contributed by atoms with Crippen molar-refractivity contribution in [2.45, 2.75) is 30.5 Å². The smallest absolute Gasteiger partial charge is 0.393 e. The number of nitrogens with zero attached hydrogens (tertiary/aromatic N) is 1. The summed E-state index contributed by atoms with van der Waals surface area (Å²) in [4.78, 5) is 13.5. The van der Waals surface area contributed by atoms with Crippen LogP contribution in [0.3, 0.4) is 0 Å². The van der Waals surface area contributed by atoms with Gasteiger partial charge in [-0.05, 0) is 48.7 Å². The third-order valence-corrected chi connectivity index (χ3v) is 6.24. The van der Waals surface area contributed by atoms with Crippen molar-refractivity contribution >= 4 is 22.0 Å². The number of alkyl halides is 3. The molecule has 0 radical (unpaired) electrons. The molecule has 0 bridgehead atoms. The van der Waals surface area contributed by atoms with Gasteiger partial charge in [-0.3, -0.25) is 4.79 Å². The summed E-state index contributed by atoms with van der Waals surface area (Å²) in [5.74, 6) is -1.52. The number of rotatable bonds is 6. The Kier molecular flexibility index (Phi) is 6.67. The van der Waals surface area contributed by atoms with Crippen LogP contribution in [0.5, 0.6) is 0 Å². The van der Waals surface area contributed by atoms with Gasteiger partial charge < -0.3 is 9.32 Å². The fourth-order valence-electron chi connectivity index (χ4n) is 3.14. The molecule has 1 aliphatic rings. The van der Waals surface area contributed by atoms with Gasteiger partial charge in [0.2, 0.25) is 15.9 Å². The van der Waals surface area contributed by atoms with E-state index in [1.165, 1.54) is 47.6 Å². The maximum absolute atomic E-state index is 12.9. The normalized spacial score (nSPS) is 18.1. The van der Waals surface area contributed by atoms with E-state index in [0.29, 0.717) is 17.7 Å². The predicted molar refractivity (Wildman–Crippen MR) is 104 cm³/mol. The number of halogens is 3. The van der Waals surface area contributed by atoms with Crippen LogP contribution in [0.15, 0.2) is 58.1 Å². The van der Waals surface area contributed by atoms with E-state index in [4.69, 9.17) is 4.42 Å². The van der Waals surface area contributed by atoms with Crippen LogP contribution in [0.1, 0.15) is 24.2 Å². The van der Waals surface area contributed by atoms with E-state index >= 15 is 0 Å². The van der Waals surface area contributed by atoms with Crippen molar-refractivity contribution in [3.63, 3.8) is 0 Å². The molecule has 1 saturated heterocycles. The molecule has 6 nitrogen and oxygen atoms in total. The maximum Gasteiger partial charge on any atom is 0.393 e. The van der Waals surface area contributed by atoms with Gasteiger partial charge in [-0.25, -0.2) is 13.1 Å². The molecule has 1 unspecified atom stereocenters. The van der Waals surface area contributed by atoms with Crippen molar-refractivity contribution < 1.29 is 30.8 Å². The molecule has 0 aliphatic carbocycles. The topological polar surface area (TPSA) is 79.6 Å². The lowest BCUT2D eigenvalue weighted by Gasteiger charge is -2.33. The van der Waals surface area contributed by atoms with Gasteiger partial charge in [0.1, 0.15) is 5.76 Å². The highest BCUT2D eigenvalue weighted by Crippen LogP contribution is 2.33. The summed E-state index contributed by atoms with van der Waals surface area (Å²) in [5, 5.41) is 0. The summed E-state index contributed by atoms with van der Waals surface area (Å²) < 4.78 is 70.7. The van der Waals surface area contributed by atoms with Gasteiger partial charge in [0.15, 0.2) is 0 Å². The van der Waals surface area contributed by atoms with Gasteiger partial charge in [-0.15, -0.1) is 0 Å². The number of likely N-dealkylation sites (tertiary alicyclic amines) is 1. The molecular formula is C20H21F3N2O4S. The van der Waals surface area contributed by atoms with Crippen LogP contribution in [0.2, 0.25) is 0 Å². The molecule has 30 heavy (non-hydrogen) atoms. The molecule has 2 aromatic rings. The zero-order valence-electron chi connectivity index (χ0n) is 15.9. The molecule has 1 aromatic heterocycles. The zero-order chi connectivity index (χ0) is 21.8. The minimum absolute atomic E-state index is 0.0141. The average molecular weight is 442 g/mol. The Morgan fingerprint density at radius 2 is 1.97 bits per heavy atom.